The number of nitrogens with one attached hydrogen (secondary N) is 1. The molecule has 2 rings (SSSR count). The SMILES string of the molecule is Clc1cccc(C2CCCN2)n1. The summed E-state index contributed by atoms with van der Waals surface area (Å²) in [6.07, 6.45) is 2.41. The van der Waals surface area contributed by atoms with E-state index in [1.807, 2.05) is 12.1 Å². The second-order valence-corrected chi connectivity index (χ2v) is 3.42. The summed E-state index contributed by atoms with van der Waals surface area (Å²) in [5, 5.41) is 3.96. The van der Waals surface area contributed by atoms with Crippen molar-refractivity contribution in [3.8, 4) is 0 Å². The van der Waals surface area contributed by atoms with Crippen molar-refractivity contribution in [2.45, 2.75) is 18.9 Å². The molecule has 0 bridgehead atoms. The summed E-state index contributed by atoms with van der Waals surface area (Å²) in [6, 6.07) is 6.20. The van der Waals surface area contributed by atoms with E-state index >= 15 is 0 Å². The first-order valence-corrected chi connectivity index (χ1v) is 4.60. The van der Waals surface area contributed by atoms with Crippen molar-refractivity contribution in [1.82, 2.24) is 10.3 Å². The molecule has 64 valence electrons. The van der Waals surface area contributed by atoms with Crippen LogP contribution < -0.4 is 5.32 Å². The Morgan fingerprint density at radius 2 is 2.42 bits per heavy atom. The summed E-state index contributed by atoms with van der Waals surface area (Å²) in [4.78, 5) is 4.26. The number of aromatic nitrogens is 1. The molecule has 1 unspecified atom stereocenters. The van der Waals surface area contributed by atoms with Gasteiger partial charge in [-0.3, -0.25) is 0 Å². The third-order valence-corrected chi connectivity index (χ3v) is 2.36. The van der Waals surface area contributed by atoms with Gasteiger partial charge >= 0.3 is 0 Å². The lowest BCUT2D eigenvalue weighted by atomic mass is 10.1. The van der Waals surface area contributed by atoms with Gasteiger partial charge in [-0.1, -0.05) is 17.7 Å². The summed E-state index contributed by atoms with van der Waals surface area (Å²) in [5.74, 6) is 0. The van der Waals surface area contributed by atoms with Gasteiger partial charge in [-0.15, -0.1) is 0 Å². The molecule has 2 nitrogen and oxygen atoms in total. The van der Waals surface area contributed by atoms with Crippen molar-refractivity contribution >= 4 is 11.6 Å². The van der Waals surface area contributed by atoms with E-state index in [0.717, 1.165) is 12.2 Å². The molecule has 1 saturated heterocycles. The highest BCUT2D eigenvalue weighted by atomic mass is 35.5. The molecule has 1 aromatic heterocycles. The van der Waals surface area contributed by atoms with Gasteiger partial charge in [0, 0.05) is 6.04 Å². The molecule has 0 spiro atoms. The summed E-state index contributed by atoms with van der Waals surface area (Å²) in [6.45, 7) is 1.10. The fourth-order valence-corrected chi connectivity index (χ4v) is 1.73. The Balaban J connectivity index is 2.21. The van der Waals surface area contributed by atoms with E-state index in [-0.39, 0.29) is 0 Å². The molecular formula is C9H11ClN2. The Morgan fingerprint density at radius 3 is 3.08 bits per heavy atom. The molecule has 0 aliphatic carbocycles. The maximum atomic E-state index is 5.78. The molecule has 12 heavy (non-hydrogen) atoms. The molecule has 2 heterocycles. The van der Waals surface area contributed by atoms with Gasteiger partial charge in [0.25, 0.3) is 0 Å². The van der Waals surface area contributed by atoms with Crippen molar-refractivity contribution in [2.75, 3.05) is 6.54 Å². The third kappa shape index (κ3) is 1.59. The first-order chi connectivity index (χ1) is 5.86. The lowest BCUT2D eigenvalue weighted by Crippen LogP contribution is -2.13. The highest BCUT2D eigenvalue weighted by molar-refractivity contribution is 6.29. The number of rotatable bonds is 1. The number of pyridine rings is 1. The second-order valence-electron chi connectivity index (χ2n) is 3.03. The van der Waals surface area contributed by atoms with Crippen LogP contribution in [-0.4, -0.2) is 11.5 Å². The highest BCUT2D eigenvalue weighted by Crippen LogP contribution is 2.21. The van der Waals surface area contributed by atoms with Crippen LogP contribution in [0.3, 0.4) is 0 Å². The van der Waals surface area contributed by atoms with E-state index in [1.165, 1.54) is 12.8 Å². The fraction of sp³-hybridized carbons (Fsp3) is 0.444. The zero-order valence-electron chi connectivity index (χ0n) is 6.76. The van der Waals surface area contributed by atoms with Crippen LogP contribution in [-0.2, 0) is 0 Å². The monoisotopic (exact) mass is 182 g/mol. The quantitative estimate of drug-likeness (QED) is 0.674. The lowest BCUT2D eigenvalue weighted by Gasteiger charge is -2.08. The Morgan fingerprint density at radius 1 is 1.50 bits per heavy atom. The van der Waals surface area contributed by atoms with Crippen LogP contribution >= 0.6 is 11.6 Å². The maximum absolute atomic E-state index is 5.78. The zero-order valence-corrected chi connectivity index (χ0v) is 7.51. The van der Waals surface area contributed by atoms with Crippen LogP contribution in [0, 0.1) is 0 Å². The van der Waals surface area contributed by atoms with Crippen LogP contribution in [0.5, 0.6) is 0 Å². The second kappa shape index (κ2) is 3.42. The maximum Gasteiger partial charge on any atom is 0.129 e. The summed E-state index contributed by atoms with van der Waals surface area (Å²) < 4.78 is 0. The Bertz CT molecular complexity index is 269. The topological polar surface area (TPSA) is 24.9 Å². The molecule has 0 aromatic carbocycles. The predicted octanol–water partition coefficient (Wildman–Crippen LogP) is 2.16. The summed E-state index contributed by atoms with van der Waals surface area (Å²) in [7, 11) is 0. The van der Waals surface area contributed by atoms with Gasteiger partial charge in [0.15, 0.2) is 0 Å². The zero-order chi connectivity index (χ0) is 8.39. The van der Waals surface area contributed by atoms with Gasteiger partial charge in [-0.2, -0.15) is 0 Å². The average molecular weight is 183 g/mol. The van der Waals surface area contributed by atoms with Crippen LogP contribution in [0.15, 0.2) is 18.2 Å². The number of halogens is 1. The Kier molecular flexibility index (Phi) is 2.28. The van der Waals surface area contributed by atoms with Crippen molar-refractivity contribution in [1.29, 1.82) is 0 Å². The van der Waals surface area contributed by atoms with Crippen molar-refractivity contribution in [2.24, 2.45) is 0 Å². The summed E-state index contributed by atoms with van der Waals surface area (Å²) in [5.41, 5.74) is 1.07. The Labute approximate surface area is 77.0 Å². The van der Waals surface area contributed by atoms with Crippen LogP contribution in [0.2, 0.25) is 5.15 Å². The van der Waals surface area contributed by atoms with Gasteiger partial charge in [0.1, 0.15) is 5.15 Å². The minimum absolute atomic E-state index is 0.420. The molecule has 1 aliphatic rings. The molecule has 1 aromatic rings. The van der Waals surface area contributed by atoms with Crippen molar-refractivity contribution < 1.29 is 0 Å². The van der Waals surface area contributed by atoms with E-state index in [9.17, 15) is 0 Å². The first-order valence-electron chi connectivity index (χ1n) is 4.22. The standard InChI is InChI=1S/C9H11ClN2/c10-9-5-1-3-8(12-9)7-4-2-6-11-7/h1,3,5,7,11H,2,4,6H2. The molecular weight excluding hydrogens is 172 g/mol. The van der Waals surface area contributed by atoms with E-state index < -0.39 is 0 Å². The fourth-order valence-electron chi connectivity index (χ4n) is 1.56. The minimum atomic E-state index is 0.420. The third-order valence-electron chi connectivity index (χ3n) is 2.15. The number of hydrogen-bond acceptors (Lipinski definition) is 2. The van der Waals surface area contributed by atoms with Gasteiger partial charge in [-0.25, -0.2) is 4.98 Å². The van der Waals surface area contributed by atoms with E-state index in [2.05, 4.69) is 10.3 Å². The molecule has 1 aliphatic heterocycles. The smallest absolute Gasteiger partial charge is 0.129 e. The number of nitrogens with zero attached hydrogens (tertiary/aromatic N) is 1. The molecule has 1 fully saturated rings. The van der Waals surface area contributed by atoms with Gasteiger partial charge < -0.3 is 5.32 Å². The van der Waals surface area contributed by atoms with Crippen molar-refractivity contribution in [3.63, 3.8) is 0 Å². The van der Waals surface area contributed by atoms with Gasteiger partial charge in [0.2, 0.25) is 0 Å². The molecule has 1 atom stereocenters. The van der Waals surface area contributed by atoms with E-state index in [1.54, 1.807) is 6.07 Å². The van der Waals surface area contributed by atoms with Crippen LogP contribution in [0.4, 0.5) is 0 Å². The molecule has 0 radical (unpaired) electrons. The average Bonchev–Trinajstić information content (AvgIpc) is 2.56. The van der Waals surface area contributed by atoms with Crippen LogP contribution in [0.1, 0.15) is 24.6 Å². The van der Waals surface area contributed by atoms with E-state index in [4.69, 9.17) is 11.6 Å². The molecule has 0 amide bonds. The highest BCUT2D eigenvalue weighted by Gasteiger charge is 2.16. The molecule has 0 saturated carbocycles. The largest absolute Gasteiger partial charge is 0.309 e. The molecule has 1 N–H and O–H groups in total. The van der Waals surface area contributed by atoms with Crippen molar-refractivity contribution in [3.05, 3.63) is 29.0 Å². The molecule has 3 heteroatoms. The summed E-state index contributed by atoms with van der Waals surface area (Å²) >= 11 is 5.78. The Hall–Kier alpha value is -0.600. The lowest BCUT2D eigenvalue weighted by molar-refractivity contribution is 0.628. The van der Waals surface area contributed by atoms with Gasteiger partial charge in [-0.05, 0) is 31.5 Å². The normalized spacial score (nSPS) is 22.9. The van der Waals surface area contributed by atoms with Crippen LogP contribution in [0.25, 0.3) is 0 Å². The van der Waals surface area contributed by atoms with E-state index in [0.29, 0.717) is 11.2 Å². The first kappa shape index (κ1) is 8.02. The predicted molar refractivity (Wildman–Crippen MR) is 49.2 cm³/mol. The van der Waals surface area contributed by atoms with Gasteiger partial charge in [0.05, 0.1) is 5.69 Å². The number of hydrogen-bond donors (Lipinski definition) is 1. The minimum Gasteiger partial charge on any atom is -0.309 e.